The first-order valence-electron chi connectivity index (χ1n) is 5.74. The van der Waals surface area contributed by atoms with Crippen LogP contribution in [0.4, 0.5) is 0 Å². The van der Waals surface area contributed by atoms with Crippen LogP contribution in [0.5, 0.6) is 0 Å². The van der Waals surface area contributed by atoms with E-state index in [9.17, 15) is 0 Å². The highest BCUT2D eigenvalue weighted by atomic mass is 127. The number of rotatable bonds is 4. The van der Waals surface area contributed by atoms with Gasteiger partial charge in [-0.25, -0.2) is 0 Å². The van der Waals surface area contributed by atoms with Gasteiger partial charge in [-0.2, -0.15) is 5.10 Å². The number of halogens is 1. The molecule has 7 heteroatoms. The maximum atomic E-state index is 5.00. The van der Waals surface area contributed by atoms with Gasteiger partial charge in [0.2, 0.25) is 0 Å². The van der Waals surface area contributed by atoms with E-state index in [-0.39, 0.29) is 24.0 Å². The van der Waals surface area contributed by atoms with Crippen LogP contribution in [0, 0.1) is 6.92 Å². The average Bonchev–Trinajstić information content (AvgIpc) is 3.01. The summed E-state index contributed by atoms with van der Waals surface area (Å²) in [5.41, 5.74) is 3.27. The first-order valence-corrected chi connectivity index (χ1v) is 5.74. The molecule has 0 aliphatic carbocycles. The molecular formula is C12H18IN5O. The van der Waals surface area contributed by atoms with Crippen LogP contribution in [0.15, 0.2) is 34.2 Å². The summed E-state index contributed by atoms with van der Waals surface area (Å²) in [6, 6.07) is 1.92. The third-order valence-corrected chi connectivity index (χ3v) is 2.64. The molecule has 6 nitrogen and oxygen atoms in total. The Morgan fingerprint density at radius 3 is 2.79 bits per heavy atom. The number of hydrogen-bond acceptors (Lipinski definition) is 3. The molecule has 3 N–H and O–H groups in total. The zero-order chi connectivity index (χ0) is 12.8. The molecule has 0 aliphatic heterocycles. The summed E-state index contributed by atoms with van der Waals surface area (Å²) in [5.74, 6) is 0.747. The molecule has 19 heavy (non-hydrogen) atoms. The fraction of sp³-hybridized carbons (Fsp3) is 0.333. The van der Waals surface area contributed by atoms with Gasteiger partial charge >= 0.3 is 0 Å². The predicted octanol–water partition coefficient (Wildman–Crippen LogP) is 1.79. The van der Waals surface area contributed by atoms with Gasteiger partial charge in [0.15, 0.2) is 5.96 Å². The van der Waals surface area contributed by atoms with Crippen molar-refractivity contribution in [3.05, 3.63) is 41.6 Å². The van der Waals surface area contributed by atoms with E-state index in [4.69, 9.17) is 4.42 Å². The highest BCUT2D eigenvalue weighted by molar-refractivity contribution is 14.0. The number of furan rings is 1. The molecule has 0 saturated carbocycles. The topological polar surface area (TPSA) is 78.2 Å². The molecule has 0 aromatic carbocycles. The number of nitrogens with one attached hydrogen (secondary N) is 3. The van der Waals surface area contributed by atoms with Gasteiger partial charge in [-0.15, -0.1) is 24.0 Å². The van der Waals surface area contributed by atoms with Crippen LogP contribution >= 0.6 is 24.0 Å². The van der Waals surface area contributed by atoms with Crippen molar-refractivity contribution >= 4 is 29.9 Å². The summed E-state index contributed by atoms with van der Waals surface area (Å²) in [6.45, 7) is 3.36. The van der Waals surface area contributed by atoms with Crippen LogP contribution < -0.4 is 10.6 Å². The Morgan fingerprint density at radius 2 is 2.21 bits per heavy atom. The number of aryl methyl sites for hydroxylation is 1. The van der Waals surface area contributed by atoms with Crippen LogP contribution in [-0.2, 0) is 13.1 Å². The lowest BCUT2D eigenvalue weighted by molar-refractivity contribution is 0.563. The van der Waals surface area contributed by atoms with Crippen molar-refractivity contribution in [2.24, 2.45) is 4.99 Å². The van der Waals surface area contributed by atoms with Gasteiger partial charge in [0.25, 0.3) is 0 Å². The Morgan fingerprint density at radius 1 is 1.42 bits per heavy atom. The quantitative estimate of drug-likeness (QED) is 0.433. The van der Waals surface area contributed by atoms with Gasteiger partial charge in [-0.3, -0.25) is 10.1 Å². The van der Waals surface area contributed by atoms with E-state index < -0.39 is 0 Å². The summed E-state index contributed by atoms with van der Waals surface area (Å²) in [7, 11) is 1.74. The first kappa shape index (κ1) is 15.5. The van der Waals surface area contributed by atoms with Crippen LogP contribution in [0.1, 0.15) is 16.8 Å². The molecule has 0 unspecified atom stereocenters. The van der Waals surface area contributed by atoms with Crippen LogP contribution in [0.2, 0.25) is 0 Å². The average molecular weight is 375 g/mol. The highest BCUT2D eigenvalue weighted by Gasteiger charge is 2.02. The van der Waals surface area contributed by atoms with Crippen molar-refractivity contribution in [2.45, 2.75) is 20.0 Å². The SMILES string of the molecule is CN=C(NCc1ccoc1)NCc1cn[nH]c1C.I. The largest absolute Gasteiger partial charge is 0.472 e. The molecule has 0 aliphatic rings. The predicted molar refractivity (Wildman–Crippen MR) is 84.5 cm³/mol. The Labute approximate surface area is 129 Å². The van der Waals surface area contributed by atoms with Gasteiger partial charge in [0.05, 0.1) is 18.7 Å². The fourth-order valence-electron chi connectivity index (χ4n) is 1.53. The Kier molecular flexibility index (Phi) is 6.40. The van der Waals surface area contributed by atoms with Crippen molar-refractivity contribution in [3.8, 4) is 0 Å². The molecule has 2 aromatic rings. The summed E-state index contributed by atoms with van der Waals surface area (Å²) in [4.78, 5) is 4.15. The third-order valence-electron chi connectivity index (χ3n) is 2.64. The molecule has 104 valence electrons. The number of hydrogen-bond donors (Lipinski definition) is 3. The summed E-state index contributed by atoms with van der Waals surface area (Å²) in [5, 5.41) is 13.3. The van der Waals surface area contributed by atoms with Gasteiger partial charge in [-0.05, 0) is 13.0 Å². The van der Waals surface area contributed by atoms with E-state index in [1.165, 1.54) is 0 Å². The number of aliphatic imine (C=N–C) groups is 1. The molecule has 2 heterocycles. The summed E-state index contributed by atoms with van der Waals surface area (Å²) < 4.78 is 5.00. The molecule has 2 rings (SSSR count). The van der Waals surface area contributed by atoms with Crippen LogP contribution in [0.25, 0.3) is 0 Å². The van der Waals surface area contributed by atoms with Crippen molar-refractivity contribution in [1.29, 1.82) is 0 Å². The standard InChI is InChI=1S/C12H17N5O.HI/c1-9-11(7-16-17-9)6-15-12(13-2)14-5-10-3-4-18-8-10;/h3-4,7-8H,5-6H2,1-2H3,(H,16,17)(H2,13,14,15);1H. The number of guanidine groups is 1. The van der Waals surface area contributed by atoms with Gasteiger partial charge in [-0.1, -0.05) is 0 Å². The zero-order valence-electron chi connectivity index (χ0n) is 10.9. The van der Waals surface area contributed by atoms with E-state index in [0.717, 1.165) is 22.8 Å². The molecule has 2 aromatic heterocycles. The van der Waals surface area contributed by atoms with Gasteiger partial charge in [0, 0.05) is 37.0 Å². The molecule has 0 bridgehead atoms. The molecule has 0 spiro atoms. The van der Waals surface area contributed by atoms with Crippen molar-refractivity contribution < 1.29 is 4.42 Å². The number of aromatic nitrogens is 2. The maximum Gasteiger partial charge on any atom is 0.191 e. The first-order chi connectivity index (χ1) is 8.79. The highest BCUT2D eigenvalue weighted by Crippen LogP contribution is 2.01. The van der Waals surface area contributed by atoms with Crippen molar-refractivity contribution in [3.63, 3.8) is 0 Å². The zero-order valence-corrected chi connectivity index (χ0v) is 13.3. The van der Waals surface area contributed by atoms with Crippen molar-refractivity contribution in [2.75, 3.05) is 7.05 Å². The molecular weight excluding hydrogens is 357 g/mol. The lowest BCUT2D eigenvalue weighted by atomic mass is 10.3. The van der Waals surface area contributed by atoms with Crippen LogP contribution in [0.3, 0.4) is 0 Å². The number of H-pyrrole nitrogens is 1. The lowest BCUT2D eigenvalue weighted by Crippen LogP contribution is -2.36. The van der Waals surface area contributed by atoms with Gasteiger partial charge < -0.3 is 15.1 Å². The second-order valence-corrected chi connectivity index (χ2v) is 3.93. The Balaban J connectivity index is 0.00000180. The van der Waals surface area contributed by atoms with E-state index >= 15 is 0 Å². The Bertz CT molecular complexity index is 506. The number of aromatic amines is 1. The molecule has 0 radical (unpaired) electrons. The van der Waals surface area contributed by atoms with Crippen LogP contribution in [-0.4, -0.2) is 23.2 Å². The minimum Gasteiger partial charge on any atom is -0.472 e. The fourth-order valence-corrected chi connectivity index (χ4v) is 1.53. The lowest BCUT2D eigenvalue weighted by Gasteiger charge is -2.10. The Hall–Kier alpha value is -1.51. The van der Waals surface area contributed by atoms with E-state index in [1.807, 2.05) is 19.2 Å². The second-order valence-electron chi connectivity index (χ2n) is 3.93. The summed E-state index contributed by atoms with van der Waals surface area (Å²) in [6.07, 6.45) is 5.17. The smallest absolute Gasteiger partial charge is 0.191 e. The monoisotopic (exact) mass is 375 g/mol. The minimum absolute atomic E-state index is 0. The van der Waals surface area contributed by atoms with E-state index in [0.29, 0.717) is 13.1 Å². The minimum atomic E-state index is 0. The van der Waals surface area contributed by atoms with E-state index in [2.05, 4.69) is 25.8 Å². The molecule has 0 atom stereocenters. The second kappa shape index (κ2) is 7.82. The molecule has 0 amide bonds. The summed E-state index contributed by atoms with van der Waals surface area (Å²) >= 11 is 0. The maximum absolute atomic E-state index is 5.00. The molecule has 0 fully saturated rings. The van der Waals surface area contributed by atoms with E-state index in [1.54, 1.807) is 19.6 Å². The molecule has 0 saturated heterocycles. The van der Waals surface area contributed by atoms with Crippen molar-refractivity contribution in [1.82, 2.24) is 20.8 Å². The number of nitrogens with zero attached hydrogens (tertiary/aromatic N) is 2. The van der Waals surface area contributed by atoms with Gasteiger partial charge in [0.1, 0.15) is 0 Å². The third kappa shape index (κ3) is 4.58. The normalized spacial score (nSPS) is 10.9.